The molecule has 0 spiro atoms. The van der Waals surface area contributed by atoms with E-state index in [2.05, 4.69) is 9.55 Å². The molecule has 0 atom stereocenters. The summed E-state index contributed by atoms with van der Waals surface area (Å²) in [6, 6.07) is 5.99. The highest BCUT2D eigenvalue weighted by molar-refractivity contribution is 7.98. The molecule has 0 aliphatic carbocycles. The number of hydrogen-bond donors (Lipinski definition) is 1. The van der Waals surface area contributed by atoms with Gasteiger partial charge in [0.15, 0.2) is 0 Å². The van der Waals surface area contributed by atoms with Crippen LogP contribution in [0.2, 0.25) is 0 Å². The van der Waals surface area contributed by atoms with Gasteiger partial charge in [0.05, 0.1) is 11.4 Å². The van der Waals surface area contributed by atoms with Gasteiger partial charge in [-0.1, -0.05) is 0 Å². The third kappa shape index (κ3) is 1.04. The first kappa shape index (κ1) is 7.94. The maximum Gasteiger partial charge on any atom is 0.123 e. The molecule has 0 unspecified atom stereocenters. The molecule has 0 bridgehead atoms. The molecule has 2 heterocycles. The van der Waals surface area contributed by atoms with Gasteiger partial charge >= 0.3 is 0 Å². The van der Waals surface area contributed by atoms with Crippen molar-refractivity contribution in [2.75, 3.05) is 5.73 Å². The van der Waals surface area contributed by atoms with Gasteiger partial charge in [-0.05, 0) is 18.2 Å². The highest BCUT2D eigenvalue weighted by Gasteiger charge is 2.15. The summed E-state index contributed by atoms with van der Waals surface area (Å²) in [4.78, 5) is 5.52. The van der Waals surface area contributed by atoms with E-state index in [1.165, 1.54) is 10.6 Å². The second kappa shape index (κ2) is 2.78. The molecule has 1 aliphatic rings. The Hall–Kier alpha value is -1.42. The predicted molar refractivity (Wildman–Crippen MR) is 57.5 cm³/mol. The van der Waals surface area contributed by atoms with E-state index in [-0.39, 0.29) is 0 Å². The van der Waals surface area contributed by atoms with Crippen molar-refractivity contribution in [3.8, 4) is 5.69 Å². The van der Waals surface area contributed by atoms with Crippen molar-refractivity contribution >= 4 is 17.4 Å². The Kier molecular flexibility index (Phi) is 1.58. The van der Waals surface area contributed by atoms with Crippen molar-refractivity contribution in [2.45, 2.75) is 10.6 Å². The van der Waals surface area contributed by atoms with Gasteiger partial charge in [-0.2, -0.15) is 0 Å². The van der Waals surface area contributed by atoms with Gasteiger partial charge < -0.3 is 10.3 Å². The minimum absolute atomic E-state index is 0.819. The summed E-state index contributed by atoms with van der Waals surface area (Å²) >= 11 is 1.79. The Morgan fingerprint density at radius 1 is 1.43 bits per heavy atom. The molecule has 0 amide bonds. The van der Waals surface area contributed by atoms with E-state index >= 15 is 0 Å². The Labute approximate surface area is 85.9 Å². The molecular formula is C10H9N3S. The first-order chi connectivity index (χ1) is 6.84. The molecule has 1 aromatic carbocycles. The predicted octanol–water partition coefficient (Wildman–Crippen LogP) is 2.06. The number of imidazole rings is 1. The maximum absolute atomic E-state index is 5.74. The zero-order valence-corrected chi connectivity index (χ0v) is 8.29. The molecule has 4 heteroatoms. The number of benzene rings is 1. The number of anilines is 1. The van der Waals surface area contributed by atoms with Gasteiger partial charge in [0.25, 0.3) is 0 Å². The first-order valence-electron chi connectivity index (χ1n) is 4.39. The Morgan fingerprint density at radius 3 is 3.29 bits per heavy atom. The quantitative estimate of drug-likeness (QED) is 0.666. The van der Waals surface area contributed by atoms with Gasteiger partial charge in [0.2, 0.25) is 0 Å². The molecule has 0 radical (unpaired) electrons. The van der Waals surface area contributed by atoms with Gasteiger partial charge in [-0.3, -0.25) is 0 Å². The van der Waals surface area contributed by atoms with Crippen LogP contribution in [0.5, 0.6) is 0 Å². The number of nitrogens with two attached hydrogens (primary N) is 1. The summed E-state index contributed by atoms with van der Waals surface area (Å²) in [5, 5.41) is 0. The van der Waals surface area contributed by atoms with Gasteiger partial charge in [-0.15, -0.1) is 11.8 Å². The second-order valence-corrected chi connectivity index (χ2v) is 4.25. The lowest BCUT2D eigenvalue weighted by atomic mass is 10.3. The maximum atomic E-state index is 5.74. The van der Waals surface area contributed by atoms with Crippen LogP contribution in [-0.4, -0.2) is 9.55 Å². The van der Waals surface area contributed by atoms with Crippen LogP contribution in [-0.2, 0) is 5.75 Å². The molecule has 1 aliphatic heterocycles. The molecular weight excluding hydrogens is 194 g/mol. The Bertz CT molecular complexity index is 490. The molecule has 3 rings (SSSR count). The van der Waals surface area contributed by atoms with E-state index in [1.54, 1.807) is 11.8 Å². The van der Waals surface area contributed by atoms with Crippen LogP contribution in [0.1, 0.15) is 5.82 Å². The molecule has 1 aromatic heterocycles. The standard InChI is InChI=1S/C10H9N3S/c11-7-1-2-8-9(5-7)14-6-10-12-3-4-13(8)10/h1-5H,6,11H2. The van der Waals surface area contributed by atoms with E-state index in [9.17, 15) is 0 Å². The lowest BCUT2D eigenvalue weighted by Crippen LogP contribution is -2.05. The summed E-state index contributed by atoms with van der Waals surface area (Å²) in [6.07, 6.45) is 3.82. The molecule has 0 saturated carbocycles. The summed E-state index contributed by atoms with van der Waals surface area (Å²) in [6.45, 7) is 0. The highest BCUT2D eigenvalue weighted by Crippen LogP contribution is 2.35. The number of rotatable bonds is 0. The normalized spacial score (nSPS) is 13.4. The number of fused-ring (bicyclic) bond motifs is 3. The average molecular weight is 203 g/mol. The number of hydrogen-bond acceptors (Lipinski definition) is 3. The van der Waals surface area contributed by atoms with Gasteiger partial charge in [0.1, 0.15) is 5.82 Å². The van der Waals surface area contributed by atoms with Crippen molar-refractivity contribution in [2.24, 2.45) is 0 Å². The summed E-state index contributed by atoms with van der Waals surface area (Å²) in [5.41, 5.74) is 7.74. The zero-order valence-electron chi connectivity index (χ0n) is 7.47. The van der Waals surface area contributed by atoms with E-state index < -0.39 is 0 Å². The fourth-order valence-corrected chi connectivity index (χ4v) is 2.68. The smallest absolute Gasteiger partial charge is 0.123 e. The topological polar surface area (TPSA) is 43.8 Å². The lowest BCUT2D eigenvalue weighted by Gasteiger charge is -2.17. The Morgan fingerprint density at radius 2 is 2.36 bits per heavy atom. The minimum Gasteiger partial charge on any atom is -0.399 e. The molecule has 2 N–H and O–H groups in total. The van der Waals surface area contributed by atoms with Crippen LogP contribution in [0, 0.1) is 0 Å². The van der Waals surface area contributed by atoms with Crippen LogP contribution >= 0.6 is 11.8 Å². The van der Waals surface area contributed by atoms with Crippen LogP contribution in [0.4, 0.5) is 5.69 Å². The fourth-order valence-electron chi connectivity index (χ4n) is 1.65. The molecule has 3 nitrogen and oxygen atoms in total. The molecule has 14 heavy (non-hydrogen) atoms. The summed E-state index contributed by atoms with van der Waals surface area (Å²) in [5.74, 6) is 2.02. The molecule has 0 saturated heterocycles. The summed E-state index contributed by atoms with van der Waals surface area (Å²) in [7, 11) is 0. The van der Waals surface area contributed by atoms with E-state index in [0.29, 0.717) is 0 Å². The number of aromatic nitrogens is 2. The van der Waals surface area contributed by atoms with Crippen LogP contribution in [0.25, 0.3) is 5.69 Å². The number of nitrogens with zero attached hydrogens (tertiary/aromatic N) is 2. The van der Waals surface area contributed by atoms with Crippen LogP contribution < -0.4 is 5.73 Å². The van der Waals surface area contributed by atoms with Crippen molar-refractivity contribution in [3.05, 3.63) is 36.4 Å². The number of nitrogen functional groups attached to an aromatic ring is 1. The van der Waals surface area contributed by atoms with Crippen LogP contribution in [0.3, 0.4) is 0 Å². The minimum atomic E-state index is 0.819. The third-order valence-electron chi connectivity index (χ3n) is 2.32. The monoisotopic (exact) mass is 203 g/mol. The van der Waals surface area contributed by atoms with Gasteiger partial charge in [0, 0.05) is 23.0 Å². The molecule has 0 fully saturated rings. The third-order valence-corrected chi connectivity index (χ3v) is 3.36. The van der Waals surface area contributed by atoms with Crippen molar-refractivity contribution < 1.29 is 0 Å². The molecule has 70 valence electrons. The lowest BCUT2D eigenvalue weighted by molar-refractivity contribution is 0.923. The van der Waals surface area contributed by atoms with E-state index in [1.807, 2.05) is 30.6 Å². The SMILES string of the molecule is Nc1ccc2c(c1)SCc1nccn1-2. The largest absolute Gasteiger partial charge is 0.399 e. The van der Waals surface area contributed by atoms with Crippen LogP contribution in [0.15, 0.2) is 35.5 Å². The van der Waals surface area contributed by atoms with E-state index in [4.69, 9.17) is 5.73 Å². The number of thioether (sulfide) groups is 1. The average Bonchev–Trinajstić information content (AvgIpc) is 2.65. The Balaban J connectivity index is 2.26. The highest BCUT2D eigenvalue weighted by atomic mass is 32.2. The zero-order chi connectivity index (χ0) is 9.54. The van der Waals surface area contributed by atoms with Crippen molar-refractivity contribution in [1.82, 2.24) is 9.55 Å². The van der Waals surface area contributed by atoms with E-state index in [0.717, 1.165) is 17.3 Å². The fraction of sp³-hybridized carbons (Fsp3) is 0.100. The first-order valence-corrected chi connectivity index (χ1v) is 5.38. The van der Waals surface area contributed by atoms with Gasteiger partial charge in [-0.25, -0.2) is 4.98 Å². The molecule has 2 aromatic rings. The van der Waals surface area contributed by atoms with Crippen molar-refractivity contribution in [1.29, 1.82) is 0 Å². The van der Waals surface area contributed by atoms with Crippen molar-refractivity contribution in [3.63, 3.8) is 0 Å². The summed E-state index contributed by atoms with van der Waals surface area (Å²) < 4.78 is 2.12. The second-order valence-electron chi connectivity index (χ2n) is 3.23.